The summed E-state index contributed by atoms with van der Waals surface area (Å²) in [7, 11) is 0. The molecule has 0 aromatic rings. The molecule has 16 heavy (non-hydrogen) atoms. The number of rotatable bonds is 5. The minimum absolute atomic E-state index is 0.151. The lowest BCUT2D eigenvalue weighted by molar-refractivity contribution is -0.156. The van der Waals surface area contributed by atoms with E-state index in [9.17, 15) is 4.79 Å². The Balaban J connectivity index is 3.99. The van der Waals surface area contributed by atoms with Gasteiger partial charge in [0.25, 0.3) is 0 Å². The maximum absolute atomic E-state index is 11.4. The second-order valence-corrected chi connectivity index (χ2v) is 5.49. The molecule has 0 spiro atoms. The van der Waals surface area contributed by atoms with Gasteiger partial charge in [0.05, 0.1) is 22.3 Å². The SMILES string of the molecule is CC(C)C[C@H](C#N)CC(=[O+])ONC(C)(C)C. The molecule has 0 heterocycles. The summed E-state index contributed by atoms with van der Waals surface area (Å²) in [5.74, 6) is -0.218. The van der Waals surface area contributed by atoms with Crippen molar-refractivity contribution < 1.29 is 9.63 Å². The summed E-state index contributed by atoms with van der Waals surface area (Å²) in [6, 6.07) is 2.13. The molecule has 0 aliphatic carbocycles. The Bertz CT molecular complexity index is 261. The van der Waals surface area contributed by atoms with E-state index >= 15 is 0 Å². The Labute approximate surface area is 97.9 Å². The third-order valence-electron chi connectivity index (χ3n) is 1.82. The molecule has 0 aromatic carbocycles. The minimum Gasteiger partial charge on any atom is -0.198 e. The monoisotopic (exact) mass is 226 g/mol. The fraction of sp³-hybridized carbons (Fsp3) is 0.833. The van der Waals surface area contributed by atoms with Gasteiger partial charge in [-0.2, -0.15) is 10.1 Å². The predicted molar refractivity (Wildman–Crippen MR) is 62.2 cm³/mol. The lowest BCUT2D eigenvalue weighted by atomic mass is 9.96. The highest BCUT2D eigenvalue weighted by Crippen LogP contribution is 2.15. The van der Waals surface area contributed by atoms with Crippen molar-refractivity contribution in [1.82, 2.24) is 5.48 Å². The van der Waals surface area contributed by atoms with E-state index in [4.69, 9.17) is 10.1 Å². The normalized spacial score (nSPS) is 13.3. The topological polar surface area (TPSA) is 65.0 Å². The highest BCUT2D eigenvalue weighted by Gasteiger charge is 2.27. The van der Waals surface area contributed by atoms with Crippen LogP contribution in [0.1, 0.15) is 47.5 Å². The van der Waals surface area contributed by atoms with Crippen LogP contribution < -0.4 is 5.48 Å². The van der Waals surface area contributed by atoms with Crippen LogP contribution >= 0.6 is 0 Å². The molecule has 1 radical (unpaired) electrons. The van der Waals surface area contributed by atoms with Crippen molar-refractivity contribution in [2.45, 2.75) is 53.0 Å². The molecule has 0 bridgehead atoms. The van der Waals surface area contributed by atoms with Crippen LogP contribution in [0.2, 0.25) is 0 Å². The quantitative estimate of drug-likeness (QED) is 0.577. The molecule has 0 aromatic heterocycles. The second-order valence-electron chi connectivity index (χ2n) is 5.49. The van der Waals surface area contributed by atoms with Crippen LogP contribution in [0.5, 0.6) is 0 Å². The smallest absolute Gasteiger partial charge is 0.198 e. The molecule has 1 atom stereocenters. The number of nitrogens with zero attached hydrogens (tertiary/aromatic N) is 1. The molecule has 0 fully saturated rings. The van der Waals surface area contributed by atoms with Gasteiger partial charge in [-0.1, -0.05) is 13.8 Å². The lowest BCUT2D eigenvalue weighted by Crippen LogP contribution is -2.37. The van der Waals surface area contributed by atoms with Gasteiger partial charge in [0, 0.05) is 0 Å². The van der Waals surface area contributed by atoms with Crippen molar-refractivity contribution in [3.05, 3.63) is 0 Å². The van der Waals surface area contributed by atoms with Crippen LogP contribution in [0.15, 0.2) is 0 Å². The fourth-order valence-corrected chi connectivity index (χ4v) is 1.20. The molecule has 0 rings (SSSR count). The average molecular weight is 226 g/mol. The summed E-state index contributed by atoms with van der Waals surface area (Å²) in [6.45, 7) is 9.76. The third kappa shape index (κ3) is 8.25. The van der Waals surface area contributed by atoms with Crippen LogP contribution in [0, 0.1) is 23.2 Å². The summed E-state index contributed by atoms with van der Waals surface area (Å²) in [6.07, 6.45) is 0.874. The molecular formula is C12H22N2O2+. The van der Waals surface area contributed by atoms with E-state index in [1.165, 1.54) is 0 Å². The van der Waals surface area contributed by atoms with Gasteiger partial charge < -0.3 is 0 Å². The molecule has 0 aliphatic heterocycles. The number of hydrogen-bond donors (Lipinski definition) is 1. The van der Waals surface area contributed by atoms with Crippen LogP contribution in [0.4, 0.5) is 0 Å². The zero-order chi connectivity index (χ0) is 12.8. The summed E-state index contributed by atoms with van der Waals surface area (Å²) in [5, 5.41) is 8.87. The Morgan fingerprint density at radius 3 is 2.38 bits per heavy atom. The fourth-order valence-electron chi connectivity index (χ4n) is 1.20. The molecule has 0 amide bonds. The number of carbonyl (C=O) groups is 1. The molecule has 0 saturated carbocycles. The van der Waals surface area contributed by atoms with E-state index in [1.54, 1.807) is 0 Å². The molecular weight excluding hydrogens is 204 g/mol. The van der Waals surface area contributed by atoms with Crippen molar-refractivity contribution in [2.75, 3.05) is 0 Å². The Kier molecular flexibility index (Phi) is 6.05. The standard InChI is InChI=1S/C12H22N2O2/c1-9(2)6-10(8-13)7-11(15)16-14-12(3,4)5/h9-10,14H,6-7H2,1-5H3/q+1/t10-/m0/s1. The van der Waals surface area contributed by atoms with Crippen LogP contribution in [0.3, 0.4) is 0 Å². The summed E-state index contributed by atoms with van der Waals surface area (Å²) in [5.41, 5.74) is 2.38. The minimum atomic E-state index is -0.373. The Hall–Kier alpha value is -1.08. The largest absolute Gasteiger partial charge is 0.599 e. The van der Waals surface area contributed by atoms with Crippen molar-refractivity contribution in [3.63, 3.8) is 0 Å². The van der Waals surface area contributed by atoms with E-state index in [-0.39, 0.29) is 23.8 Å². The highest BCUT2D eigenvalue weighted by molar-refractivity contribution is 5.69. The van der Waals surface area contributed by atoms with E-state index in [0.717, 1.165) is 6.42 Å². The van der Waals surface area contributed by atoms with Gasteiger partial charge in [0.15, 0.2) is 0 Å². The highest BCUT2D eigenvalue weighted by atomic mass is 16.7. The van der Waals surface area contributed by atoms with Crippen molar-refractivity contribution >= 4 is 5.97 Å². The number of carbonyl (C=O) groups excluding carboxylic acids is 1. The van der Waals surface area contributed by atoms with Crippen molar-refractivity contribution in [1.29, 1.82) is 5.26 Å². The molecule has 1 N–H and O–H groups in total. The van der Waals surface area contributed by atoms with Gasteiger partial charge in [-0.05, 0) is 38.6 Å². The van der Waals surface area contributed by atoms with Crippen molar-refractivity contribution in [2.24, 2.45) is 11.8 Å². The zero-order valence-electron chi connectivity index (χ0n) is 10.8. The molecule has 0 unspecified atom stereocenters. The second kappa shape index (κ2) is 6.49. The van der Waals surface area contributed by atoms with E-state index in [1.807, 2.05) is 34.6 Å². The summed E-state index contributed by atoms with van der Waals surface area (Å²) in [4.78, 5) is 16.3. The molecule has 0 aliphatic rings. The average Bonchev–Trinajstić information content (AvgIpc) is 2.12. The van der Waals surface area contributed by atoms with Crippen LogP contribution in [-0.4, -0.2) is 11.5 Å². The predicted octanol–water partition coefficient (Wildman–Crippen LogP) is 2.41. The maximum atomic E-state index is 11.4. The van der Waals surface area contributed by atoms with Crippen LogP contribution in [0.25, 0.3) is 0 Å². The van der Waals surface area contributed by atoms with Crippen LogP contribution in [-0.2, 0) is 9.63 Å². The maximum Gasteiger partial charge on any atom is 0.599 e. The number of nitriles is 1. The van der Waals surface area contributed by atoms with Gasteiger partial charge in [-0.3, -0.25) is 0 Å². The summed E-state index contributed by atoms with van der Waals surface area (Å²) < 4.78 is 0. The number of hydrogen-bond acceptors (Lipinski definition) is 4. The molecule has 4 heteroatoms. The third-order valence-corrected chi connectivity index (χ3v) is 1.82. The molecule has 0 saturated heterocycles. The first-order valence-electron chi connectivity index (χ1n) is 5.61. The first kappa shape index (κ1) is 14.9. The zero-order valence-corrected chi connectivity index (χ0v) is 10.8. The van der Waals surface area contributed by atoms with Gasteiger partial charge in [-0.25, -0.2) is 0 Å². The van der Waals surface area contributed by atoms with E-state index < -0.39 is 0 Å². The number of nitrogens with one attached hydrogen (secondary N) is 1. The van der Waals surface area contributed by atoms with Crippen molar-refractivity contribution in [3.8, 4) is 6.07 Å². The summed E-state index contributed by atoms with van der Waals surface area (Å²) >= 11 is 0. The van der Waals surface area contributed by atoms with Gasteiger partial charge in [0.1, 0.15) is 6.42 Å². The number of hydroxylamine groups is 1. The first-order valence-corrected chi connectivity index (χ1v) is 5.61. The van der Waals surface area contributed by atoms with E-state index in [0.29, 0.717) is 5.92 Å². The first-order chi connectivity index (χ1) is 7.24. The van der Waals surface area contributed by atoms with Gasteiger partial charge in [0.2, 0.25) is 0 Å². The van der Waals surface area contributed by atoms with Gasteiger partial charge >= 0.3 is 5.97 Å². The lowest BCUT2D eigenvalue weighted by Gasteiger charge is -2.13. The Morgan fingerprint density at radius 1 is 1.44 bits per heavy atom. The molecule has 4 nitrogen and oxygen atoms in total. The van der Waals surface area contributed by atoms with E-state index in [2.05, 4.69) is 11.5 Å². The Morgan fingerprint density at radius 2 is 2.00 bits per heavy atom. The molecule has 91 valence electrons. The van der Waals surface area contributed by atoms with Gasteiger partial charge in [-0.15, -0.1) is 0 Å².